The smallest absolute Gasteiger partial charge is 0.329 e. The van der Waals surface area contributed by atoms with Crippen molar-refractivity contribution < 1.29 is 13.5 Å². The zero-order chi connectivity index (χ0) is 14.4. The second kappa shape index (κ2) is 7.40. The third-order valence-electron chi connectivity index (χ3n) is 2.43. The predicted octanol–water partition coefficient (Wildman–Crippen LogP) is 1.42. The Balaban J connectivity index is 2.86. The fourth-order valence-electron chi connectivity index (χ4n) is 1.58. The minimum atomic E-state index is -2.57. The second-order valence-electron chi connectivity index (χ2n) is 3.90. The highest BCUT2D eigenvalue weighted by molar-refractivity contribution is 6.30. The molecule has 0 saturated carbocycles. The van der Waals surface area contributed by atoms with Gasteiger partial charge in [0, 0.05) is 0 Å². The zero-order valence-electron chi connectivity index (χ0n) is 10.4. The lowest BCUT2D eigenvalue weighted by molar-refractivity contribution is 0.0142. The van der Waals surface area contributed by atoms with Gasteiger partial charge in [-0.15, -0.1) is 0 Å². The number of rotatable bonds is 7. The average molecular weight is 297 g/mol. The quantitative estimate of drug-likeness (QED) is 0.611. The third kappa shape index (κ3) is 4.43. The molecule has 1 N–H and O–H groups in total. The van der Waals surface area contributed by atoms with Crippen molar-refractivity contribution in [3.63, 3.8) is 0 Å². The van der Waals surface area contributed by atoms with Crippen LogP contribution in [0.1, 0.15) is 18.9 Å². The van der Waals surface area contributed by atoms with Gasteiger partial charge in [-0.05, 0) is 6.42 Å². The van der Waals surface area contributed by atoms with E-state index < -0.39 is 24.3 Å². The zero-order valence-corrected chi connectivity index (χ0v) is 11.2. The molecule has 108 valence electrons. The van der Waals surface area contributed by atoms with Crippen molar-refractivity contribution in [2.24, 2.45) is 0 Å². The average Bonchev–Trinajstić information content (AvgIpc) is 2.33. The predicted molar refractivity (Wildman–Crippen MR) is 67.2 cm³/mol. The fraction of sp³-hybridized carbons (Fsp3) is 0.636. The van der Waals surface area contributed by atoms with E-state index in [2.05, 4.69) is 9.72 Å². The van der Waals surface area contributed by atoms with E-state index in [-0.39, 0.29) is 18.3 Å². The molecule has 0 saturated heterocycles. The van der Waals surface area contributed by atoms with E-state index in [0.717, 1.165) is 4.57 Å². The van der Waals surface area contributed by atoms with Gasteiger partial charge in [0.2, 0.25) is 0 Å². The summed E-state index contributed by atoms with van der Waals surface area (Å²) in [6.45, 7) is 0.925. The lowest BCUT2D eigenvalue weighted by Gasteiger charge is -2.08. The summed E-state index contributed by atoms with van der Waals surface area (Å²) in [7, 11) is 0. The normalized spacial score (nSPS) is 11.2. The van der Waals surface area contributed by atoms with E-state index in [9.17, 15) is 18.4 Å². The highest BCUT2D eigenvalue weighted by Gasteiger charge is 2.12. The van der Waals surface area contributed by atoms with Crippen LogP contribution in [0.15, 0.2) is 9.59 Å². The molecule has 0 amide bonds. The summed E-state index contributed by atoms with van der Waals surface area (Å²) in [6.07, 6.45) is -1.44. The monoisotopic (exact) mass is 296 g/mol. The van der Waals surface area contributed by atoms with E-state index in [1.807, 2.05) is 6.92 Å². The van der Waals surface area contributed by atoms with Gasteiger partial charge < -0.3 is 4.74 Å². The Morgan fingerprint density at radius 2 is 2.11 bits per heavy atom. The van der Waals surface area contributed by atoms with Crippen LogP contribution in [0, 0.1) is 0 Å². The number of halogens is 3. The molecule has 1 rings (SSSR count). The first-order chi connectivity index (χ1) is 8.97. The lowest BCUT2D eigenvalue weighted by atomic mass is 10.2. The van der Waals surface area contributed by atoms with Crippen LogP contribution in [0.2, 0.25) is 5.15 Å². The molecule has 1 aromatic rings. The molecule has 0 bridgehead atoms. The summed E-state index contributed by atoms with van der Waals surface area (Å²) in [5.41, 5.74) is -0.857. The molecule has 19 heavy (non-hydrogen) atoms. The van der Waals surface area contributed by atoms with Gasteiger partial charge in [0.1, 0.15) is 11.8 Å². The molecule has 0 atom stereocenters. The Morgan fingerprint density at radius 1 is 1.42 bits per heavy atom. The first kappa shape index (κ1) is 15.8. The van der Waals surface area contributed by atoms with Gasteiger partial charge >= 0.3 is 5.69 Å². The molecular formula is C11H15ClF2N2O3. The maximum atomic E-state index is 12.0. The molecule has 0 radical (unpaired) electrons. The van der Waals surface area contributed by atoms with Gasteiger partial charge in [0.05, 0.1) is 18.7 Å². The molecule has 0 spiro atoms. The minimum absolute atomic E-state index is 0.0293. The van der Waals surface area contributed by atoms with Crippen LogP contribution in [-0.4, -0.2) is 29.2 Å². The van der Waals surface area contributed by atoms with E-state index in [4.69, 9.17) is 11.6 Å². The number of aromatic amines is 1. The summed E-state index contributed by atoms with van der Waals surface area (Å²) in [5.74, 6) is 0. The number of hydrogen-bond donors (Lipinski definition) is 1. The first-order valence-electron chi connectivity index (χ1n) is 5.84. The van der Waals surface area contributed by atoms with E-state index >= 15 is 0 Å². The van der Waals surface area contributed by atoms with Crippen molar-refractivity contribution in [1.29, 1.82) is 0 Å². The molecule has 0 aromatic carbocycles. The van der Waals surface area contributed by atoms with Crippen molar-refractivity contribution in [3.8, 4) is 0 Å². The number of H-pyrrole nitrogens is 1. The van der Waals surface area contributed by atoms with Crippen LogP contribution in [0.5, 0.6) is 0 Å². The van der Waals surface area contributed by atoms with Gasteiger partial charge in [0.15, 0.2) is 0 Å². The Bertz CT molecular complexity index is 528. The molecular weight excluding hydrogens is 282 g/mol. The second-order valence-corrected chi connectivity index (χ2v) is 4.27. The standard InChI is InChI=1S/C11H15ClF2N2O3/c1-2-3-7-9(12)15-11(18)16(10(7)17)4-5-19-6-8(13)14/h8H,2-6H2,1H3,(H,15,18). The molecule has 0 aliphatic carbocycles. The van der Waals surface area contributed by atoms with E-state index in [1.165, 1.54) is 0 Å². The van der Waals surface area contributed by atoms with Gasteiger partial charge in [-0.3, -0.25) is 14.3 Å². The highest BCUT2D eigenvalue weighted by atomic mass is 35.5. The topological polar surface area (TPSA) is 64.1 Å². The van der Waals surface area contributed by atoms with Crippen molar-refractivity contribution in [3.05, 3.63) is 31.6 Å². The Hall–Kier alpha value is -1.21. The number of alkyl halides is 2. The Kier molecular flexibility index (Phi) is 6.17. The number of aromatic nitrogens is 2. The number of hydrogen-bond acceptors (Lipinski definition) is 3. The summed E-state index contributed by atoms with van der Waals surface area (Å²) in [6, 6.07) is 0. The maximum Gasteiger partial charge on any atom is 0.329 e. The van der Waals surface area contributed by atoms with Crippen LogP contribution >= 0.6 is 11.6 Å². The number of ether oxygens (including phenoxy) is 1. The molecule has 5 nitrogen and oxygen atoms in total. The molecule has 8 heteroatoms. The molecule has 0 aliphatic heterocycles. The van der Waals surface area contributed by atoms with Crippen LogP contribution in [-0.2, 0) is 17.7 Å². The molecule has 0 aliphatic rings. The Morgan fingerprint density at radius 3 is 2.68 bits per heavy atom. The summed E-state index contributed by atoms with van der Waals surface area (Å²) < 4.78 is 29.3. The van der Waals surface area contributed by atoms with Crippen molar-refractivity contribution >= 4 is 11.6 Å². The third-order valence-corrected chi connectivity index (χ3v) is 2.76. The number of nitrogens with one attached hydrogen (secondary N) is 1. The molecule has 1 heterocycles. The highest BCUT2D eigenvalue weighted by Crippen LogP contribution is 2.07. The van der Waals surface area contributed by atoms with Crippen LogP contribution in [0.4, 0.5) is 8.78 Å². The van der Waals surface area contributed by atoms with Gasteiger partial charge in [0.25, 0.3) is 12.0 Å². The van der Waals surface area contributed by atoms with Gasteiger partial charge in [-0.25, -0.2) is 13.6 Å². The summed E-state index contributed by atoms with van der Waals surface area (Å²) in [5, 5.41) is 0.0293. The largest absolute Gasteiger partial charge is 0.374 e. The van der Waals surface area contributed by atoms with E-state index in [1.54, 1.807) is 0 Å². The fourth-order valence-corrected chi connectivity index (χ4v) is 1.84. The number of nitrogens with zero attached hydrogens (tertiary/aromatic N) is 1. The Labute approximate surface area is 113 Å². The van der Waals surface area contributed by atoms with E-state index in [0.29, 0.717) is 18.4 Å². The molecule has 0 unspecified atom stereocenters. The van der Waals surface area contributed by atoms with Crippen molar-refractivity contribution in [2.75, 3.05) is 13.2 Å². The lowest BCUT2D eigenvalue weighted by Crippen LogP contribution is -2.38. The van der Waals surface area contributed by atoms with Gasteiger partial charge in [-0.2, -0.15) is 0 Å². The minimum Gasteiger partial charge on any atom is -0.374 e. The van der Waals surface area contributed by atoms with Gasteiger partial charge in [-0.1, -0.05) is 24.9 Å². The van der Waals surface area contributed by atoms with Crippen LogP contribution in [0.25, 0.3) is 0 Å². The first-order valence-corrected chi connectivity index (χ1v) is 6.22. The molecule has 1 aromatic heterocycles. The van der Waals surface area contributed by atoms with Crippen LogP contribution < -0.4 is 11.2 Å². The maximum absolute atomic E-state index is 12.0. The SMILES string of the molecule is CCCc1c(Cl)[nH]c(=O)n(CCOCC(F)F)c1=O. The summed E-state index contributed by atoms with van der Waals surface area (Å²) >= 11 is 5.79. The van der Waals surface area contributed by atoms with Crippen molar-refractivity contribution in [2.45, 2.75) is 32.7 Å². The summed E-state index contributed by atoms with van der Waals surface area (Å²) in [4.78, 5) is 25.9. The molecule has 0 fully saturated rings. The van der Waals surface area contributed by atoms with Crippen molar-refractivity contribution in [1.82, 2.24) is 9.55 Å². The van der Waals surface area contributed by atoms with Crippen LogP contribution in [0.3, 0.4) is 0 Å².